The highest BCUT2D eigenvalue weighted by atomic mass is 19.4. The Morgan fingerprint density at radius 3 is 2.62 bits per heavy atom. The topological polar surface area (TPSA) is 70.4 Å². The molecule has 1 aromatic heterocycles. The van der Waals surface area contributed by atoms with Gasteiger partial charge in [0, 0.05) is 19.2 Å². The minimum Gasteiger partial charge on any atom is -0.329 e. The standard InChI is InChI=1S/C20H27F3N4O2/c1-19(2,3)8-9-26(13-20(21,22)23)10-11-27-14-24-16-12-15(4-6-17(16)27)5-7-18(28)25-29/h4-7,12,14,29H,8-11,13H2,1-3H3,(H,25,28). The highest BCUT2D eigenvalue weighted by Crippen LogP contribution is 2.22. The third kappa shape index (κ3) is 7.86. The summed E-state index contributed by atoms with van der Waals surface area (Å²) in [5.41, 5.74) is 3.66. The Hall–Kier alpha value is -2.39. The first kappa shape index (κ1) is 22.9. The Bertz CT molecular complexity index is 854. The molecule has 1 amide bonds. The van der Waals surface area contributed by atoms with Crippen molar-refractivity contribution in [2.75, 3.05) is 19.6 Å². The molecule has 1 heterocycles. The number of imidazole rings is 1. The maximum absolute atomic E-state index is 12.9. The summed E-state index contributed by atoms with van der Waals surface area (Å²) in [7, 11) is 0. The Balaban J connectivity index is 2.08. The average molecular weight is 412 g/mol. The maximum atomic E-state index is 12.9. The third-order valence-electron chi connectivity index (χ3n) is 4.42. The van der Waals surface area contributed by atoms with E-state index in [4.69, 9.17) is 5.21 Å². The van der Waals surface area contributed by atoms with Crippen LogP contribution in [0.2, 0.25) is 0 Å². The highest BCUT2D eigenvalue weighted by Gasteiger charge is 2.31. The SMILES string of the molecule is CC(C)(C)CCN(CCn1cnc2cc(C=CC(=O)NO)ccc21)CC(F)(F)F. The molecule has 0 bridgehead atoms. The lowest BCUT2D eigenvalue weighted by molar-refractivity contribution is -0.146. The number of carbonyl (C=O) groups is 1. The van der Waals surface area contributed by atoms with Crippen LogP contribution in [0.3, 0.4) is 0 Å². The van der Waals surface area contributed by atoms with Crippen LogP contribution < -0.4 is 5.48 Å². The molecule has 0 aliphatic rings. The molecule has 0 unspecified atom stereocenters. The van der Waals surface area contributed by atoms with Crippen molar-refractivity contribution in [3.05, 3.63) is 36.2 Å². The monoisotopic (exact) mass is 412 g/mol. The van der Waals surface area contributed by atoms with Crippen LogP contribution >= 0.6 is 0 Å². The first-order chi connectivity index (χ1) is 13.5. The quantitative estimate of drug-likeness (QED) is 0.393. The Morgan fingerprint density at radius 1 is 1.28 bits per heavy atom. The fourth-order valence-corrected chi connectivity index (χ4v) is 2.84. The second-order valence-electron chi connectivity index (χ2n) is 8.20. The molecule has 2 N–H and O–H groups in total. The number of nitrogens with zero attached hydrogens (tertiary/aromatic N) is 3. The zero-order valence-electron chi connectivity index (χ0n) is 16.8. The zero-order valence-corrected chi connectivity index (χ0v) is 16.8. The van der Waals surface area contributed by atoms with E-state index in [0.29, 0.717) is 25.0 Å². The van der Waals surface area contributed by atoms with E-state index >= 15 is 0 Å². The number of amides is 1. The summed E-state index contributed by atoms with van der Waals surface area (Å²) in [6.07, 6.45) is 0.750. The van der Waals surface area contributed by atoms with Crippen LogP contribution in [0.15, 0.2) is 30.6 Å². The van der Waals surface area contributed by atoms with Crippen molar-refractivity contribution in [2.45, 2.75) is 39.9 Å². The third-order valence-corrected chi connectivity index (χ3v) is 4.42. The van der Waals surface area contributed by atoms with Gasteiger partial charge in [-0.15, -0.1) is 0 Å². The van der Waals surface area contributed by atoms with E-state index in [9.17, 15) is 18.0 Å². The molecule has 2 aromatic rings. The number of hydrogen-bond acceptors (Lipinski definition) is 4. The van der Waals surface area contributed by atoms with Crippen molar-refractivity contribution in [2.24, 2.45) is 5.41 Å². The molecular formula is C20H27F3N4O2. The van der Waals surface area contributed by atoms with E-state index in [-0.39, 0.29) is 12.0 Å². The molecule has 1 aromatic carbocycles. The number of fused-ring (bicyclic) bond motifs is 1. The molecule has 0 atom stereocenters. The smallest absolute Gasteiger partial charge is 0.329 e. The molecule has 0 spiro atoms. The minimum absolute atomic E-state index is 0.0393. The van der Waals surface area contributed by atoms with E-state index in [1.54, 1.807) is 18.5 Å². The fourth-order valence-electron chi connectivity index (χ4n) is 2.84. The largest absolute Gasteiger partial charge is 0.401 e. The lowest BCUT2D eigenvalue weighted by Crippen LogP contribution is -2.38. The molecule has 2 rings (SSSR count). The molecule has 9 heteroatoms. The molecule has 0 fully saturated rings. The van der Waals surface area contributed by atoms with Gasteiger partial charge in [0.05, 0.1) is 23.9 Å². The number of hydroxylamine groups is 1. The molecule has 6 nitrogen and oxygen atoms in total. The van der Waals surface area contributed by atoms with Crippen molar-refractivity contribution in [3.63, 3.8) is 0 Å². The van der Waals surface area contributed by atoms with Crippen LogP contribution in [-0.2, 0) is 11.3 Å². The van der Waals surface area contributed by atoms with Gasteiger partial charge in [0.25, 0.3) is 5.91 Å². The number of nitrogens with one attached hydrogen (secondary N) is 1. The minimum atomic E-state index is -4.24. The van der Waals surface area contributed by atoms with E-state index in [0.717, 1.165) is 11.1 Å². The number of benzene rings is 1. The highest BCUT2D eigenvalue weighted by molar-refractivity contribution is 5.91. The Kier molecular flexibility index (Phi) is 7.43. The molecule has 0 saturated carbocycles. The number of rotatable bonds is 8. The van der Waals surface area contributed by atoms with Gasteiger partial charge in [-0.25, -0.2) is 10.5 Å². The fraction of sp³-hybridized carbons (Fsp3) is 0.500. The summed E-state index contributed by atoms with van der Waals surface area (Å²) >= 11 is 0. The number of alkyl halides is 3. The second-order valence-corrected chi connectivity index (χ2v) is 8.20. The molecule has 0 saturated heterocycles. The van der Waals surface area contributed by atoms with Gasteiger partial charge < -0.3 is 4.57 Å². The predicted molar refractivity (Wildman–Crippen MR) is 105 cm³/mol. The van der Waals surface area contributed by atoms with Crippen molar-refractivity contribution in [1.82, 2.24) is 19.9 Å². The van der Waals surface area contributed by atoms with Crippen LogP contribution in [0.4, 0.5) is 13.2 Å². The van der Waals surface area contributed by atoms with Gasteiger partial charge >= 0.3 is 6.18 Å². The molecule has 29 heavy (non-hydrogen) atoms. The van der Waals surface area contributed by atoms with E-state index in [1.807, 2.05) is 31.4 Å². The summed E-state index contributed by atoms with van der Waals surface area (Å²) in [4.78, 5) is 16.8. The Labute approximate surface area is 168 Å². The van der Waals surface area contributed by atoms with Crippen LogP contribution in [0.5, 0.6) is 0 Å². The van der Waals surface area contributed by atoms with Gasteiger partial charge in [0.1, 0.15) is 0 Å². The summed E-state index contributed by atoms with van der Waals surface area (Å²) in [5.74, 6) is -0.643. The summed E-state index contributed by atoms with van der Waals surface area (Å²) in [6.45, 7) is 6.13. The lowest BCUT2D eigenvalue weighted by Gasteiger charge is -2.27. The number of carbonyl (C=O) groups excluding carboxylic acids is 1. The summed E-state index contributed by atoms with van der Waals surface area (Å²) in [5, 5.41) is 8.50. The Morgan fingerprint density at radius 2 is 2.00 bits per heavy atom. The molecular weight excluding hydrogens is 385 g/mol. The zero-order chi connectivity index (χ0) is 21.7. The van der Waals surface area contributed by atoms with Gasteiger partial charge in [0.2, 0.25) is 0 Å². The second kappa shape index (κ2) is 9.41. The number of aromatic nitrogens is 2. The normalized spacial score (nSPS) is 13.0. The van der Waals surface area contributed by atoms with Gasteiger partial charge in [0.15, 0.2) is 0 Å². The van der Waals surface area contributed by atoms with Crippen molar-refractivity contribution in [1.29, 1.82) is 0 Å². The van der Waals surface area contributed by atoms with Crippen LogP contribution in [0.1, 0.15) is 32.8 Å². The summed E-state index contributed by atoms with van der Waals surface area (Å²) < 4.78 is 40.6. The molecule has 0 radical (unpaired) electrons. The lowest BCUT2D eigenvalue weighted by atomic mass is 9.92. The van der Waals surface area contributed by atoms with E-state index in [1.165, 1.54) is 22.5 Å². The van der Waals surface area contributed by atoms with Crippen LogP contribution in [-0.4, -0.2) is 51.4 Å². The van der Waals surface area contributed by atoms with Crippen LogP contribution in [0, 0.1) is 5.41 Å². The van der Waals surface area contributed by atoms with Crippen molar-refractivity contribution >= 4 is 23.0 Å². The predicted octanol–water partition coefficient (Wildman–Crippen LogP) is 3.86. The van der Waals surface area contributed by atoms with E-state index in [2.05, 4.69) is 4.98 Å². The van der Waals surface area contributed by atoms with Gasteiger partial charge in [-0.1, -0.05) is 26.8 Å². The van der Waals surface area contributed by atoms with Gasteiger partial charge in [-0.05, 0) is 42.2 Å². The van der Waals surface area contributed by atoms with Gasteiger partial charge in [-0.2, -0.15) is 13.2 Å². The number of halogens is 3. The number of hydrogen-bond donors (Lipinski definition) is 2. The van der Waals surface area contributed by atoms with Crippen molar-refractivity contribution in [3.8, 4) is 0 Å². The van der Waals surface area contributed by atoms with Crippen molar-refractivity contribution < 1.29 is 23.2 Å². The summed E-state index contributed by atoms with van der Waals surface area (Å²) in [6, 6.07) is 5.34. The molecule has 160 valence electrons. The first-order valence-corrected chi connectivity index (χ1v) is 9.33. The molecule has 0 aliphatic heterocycles. The maximum Gasteiger partial charge on any atom is 0.401 e. The first-order valence-electron chi connectivity index (χ1n) is 9.33. The van der Waals surface area contributed by atoms with E-state index < -0.39 is 18.6 Å². The van der Waals surface area contributed by atoms with Crippen LogP contribution in [0.25, 0.3) is 17.1 Å². The average Bonchev–Trinajstić information content (AvgIpc) is 3.02. The van der Waals surface area contributed by atoms with Gasteiger partial charge in [-0.3, -0.25) is 14.9 Å². The molecule has 0 aliphatic carbocycles.